The van der Waals surface area contributed by atoms with Crippen molar-refractivity contribution < 1.29 is 4.79 Å². The van der Waals surface area contributed by atoms with Crippen molar-refractivity contribution in [3.05, 3.63) is 95.1 Å². The first kappa shape index (κ1) is 15.8. The predicted octanol–water partition coefficient (Wildman–Crippen LogP) is 4.42. The molecule has 3 aromatic carbocycles. The SMILES string of the molecule is Cc1cccc(C(=O)Nc2ccccc2Cc2ccc(N)cc2)c1. The minimum atomic E-state index is -0.0940. The number of nitrogen functional groups attached to an aromatic ring is 1. The van der Waals surface area contributed by atoms with E-state index >= 15 is 0 Å². The maximum absolute atomic E-state index is 12.5. The van der Waals surface area contributed by atoms with Gasteiger partial charge < -0.3 is 11.1 Å². The van der Waals surface area contributed by atoms with Gasteiger partial charge in [-0.25, -0.2) is 0 Å². The predicted molar refractivity (Wildman–Crippen MR) is 99.2 cm³/mol. The van der Waals surface area contributed by atoms with Gasteiger partial charge in [-0.15, -0.1) is 0 Å². The molecule has 0 unspecified atom stereocenters. The standard InChI is InChI=1S/C21H20N2O/c1-15-5-4-7-18(13-15)21(24)23-20-8-3-2-6-17(20)14-16-9-11-19(22)12-10-16/h2-13H,14,22H2,1H3,(H,23,24). The van der Waals surface area contributed by atoms with Crippen LogP contribution in [0.1, 0.15) is 27.0 Å². The van der Waals surface area contributed by atoms with Gasteiger partial charge in [0.25, 0.3) is 5.91 Å². The Balaban J connectivity index is 1.81. The van der Waals surface area contributed by atoms with Crippen molar-refractivity contribution in [2.45, 2.75) is 13.3 Å². The fourth-order valence-corrected chi connectivity index (χ4v) is 2.63. The Labute approximate surface area is 142 Å². The molecule has 0 aliphatic carbocycles. The van der Waals surface area contributed by atoms with Crippen LogP contribution in [-0.2, 0) is 6.42 Å². The molecule has 0 radical (unpaired) electrons. The lowest BCUT2D eigenvalue weighted by atomic mass is 10.0. The first-order valence-corrected chi connectivity index (χ1v) is 7.92. The lowest BCUT2D eigenvalue weighted by Gasteiger charge is -2.12. The zero-order valence-electron chi connectivity index (χ0n) is 13.6. The monoisotopic (exact) mass is 316 g/mol. The molecule has 0 bridgehead atoms. The van der Waals surface area contributed by atoms with E-state index in [1.807, 2.05) is 79.7 Å². The van der Waals surface area contributed by atoms with E-state index in [0.717, 1.165) is 34.5 Å². The first-order valence-electron chi connectivity index (χ1n) is 7.92. The van der Waals surface area contributed by atoms with Crippen LogP contribution < -0.4 is 11.1 Å². The van der Waals surface area contributed by atoms with Crippen molar-refractivity contribution in [3.63, 3.8) is 0 Å². The zero-order valence-corrected chi connectivity index (χ0v) is 13.6. The Hall–Kier alpha value is -3.07. The Morgan fingerprint density at radius 2 is 1.71 bits per heavy atom. The number of carbonyl (C=O) groups is 1. The fraction of sp³-hybridized carbons (Fsp3) is 0.0952. The third kappa shape index (κ3) is 3.82. The van der Waals surface area contributed by atoms with Crippen LogP contribution in [-0.4, -0.2) is 5.91 Å². The highest BCUT2D eigenvalue weighted by molar-refractivity contribution is 6.04. The summed E-state index contributed by atoms with van der Waals surface area (Å²) in [5, 5.41) is 3.02. The van der Waals surface area contributed by atoms with Crippen LogP contribution in [0.4, 0.5) is 11.4 Å². The summed E-state index contributed by atoms with van der Waals surface area (Å²) < 4.78 is 0. The molecular formula is C21H20N2O. The lowest BCUT2D eigenvalue weighted by Crippen LogP contribution is -2.13. The van der Waals surface area contributed by atoms with E-state index in [1.165, 1.54) is 0 Å². The summed E-state index contributed by atoms with van der Waals surface area (Å²) in [5.74, 6) is -0.0940. The molecule has 120 valence electrons. The number of amides is 1. The van der Waals surface area contributed by atoms with Crippen LogP contribution in [0.15, 0.2) is 72.8 Å². The fourth-order valence-electron chi connectivity index (χ4n) is 2.63. The van der Waals surface area contributed by atoms with E-state index in [1.54, 1.807) is 0 Å². The van der Waals surface area contributed by atoms with Gasteiger partial charge in [-0.05, 0) is 54.8 Å². The van der Waals surface area contributed by atoms with Crippen molar-refractivity contribution in [1.29, 1.82) is 0 Å². The second-order valence-electron chi connectivity index (χ2n) is 5.90. The number of anilines is 2. The van der Waals surface area contributed by atoms with Gasteiger partial charge in [0.1, 0.15) is 0 Å². The van der Waals surface area contributed by atoms with Crippen molar-refractivity contribution >= 4 is 17.3 Å². The van der Waals surface area contributed by atoms with Crippen molar-refractivity contribution in [2.75, 3.05) is 11.1 Å². The summed E-state index contributed by atoms with van der Waals surface area (Å²) in [4.78, 5) is 12.5. The first-order chi connectivity index (χ1) is 11.6. The minimum absolute atomic E-state index is 0.0940. The molecule has 3 N–H and O–H groups in total. The van der Waals surface area contributed by atoms with Crippen LogP contribution in [0.2, 0.25) is 0 Å². The number of benzene rings is 3. The largest absolute Gasteiger partial charge is 0.399 e. The van der Waals surface area contributed by atoms with Crippen LogP contribution in [0.25, 0.3) is 0 Å². The molecule has 1 amide bonds. The van der Waals surface area contributed by atoms with Crippen LogP contribution >= 0.6 is 0 Å². The number of nitrogens with one attached hydrogen (secondary N) is 1. The maximum atomic E-state index is 12.5. The van der Waals surface area contributed by atoms with E-state index in [2.05, 4.69) is 5.32 Å². The maximum Gasteiger partial charge on any atom is 0.255 e. The van der Waals surface area contributed by atoms with Gasteiger partial charge in [-0.3, -0.25) is 4.79 Å². The van der Waals surface area contributed by atoms with Gasteiger partial charge in [0.05, 0.1) is 0 Å². The molecule has 0 saturated heterocycles. The summed E-state index contributed by atoms with van der Waals surface area (Å²) in [6, 6.07) is 23.3. The van der Waals surface area contributed by atoms with Gasteiger partial charge in [0.15, 0.2) is 0 Å². The summed E-state index contributed by atoms with van der Waals surface area (Å²) >= 11 is 0. The smallest absolute Gasteiger partial charge is 0.255 e. The second-order valence-corrected chi connectivity index (χ2v) is 5.90. The molecule has 3 heteroatoms. The topological polar surface area (TPSA) is 55.1 Å². The van der Waals surface area contributed by atoms with Gasteiger partial charge in [-0.2, -0.15) is 0 Å². The number of hydrogen-bond acceptors (Lipinski definition) is 2. The summed E-state index contributed by atoms with van der Waals surface area (Å²) in [5.41, 5.74) is 11.3. The summed E-state index contributed by atoms with van der Waals surface area (Å²) in [7, 11) is 0. The quantitative estimate of drug-likeness (QED) is 0.700. The summed E-state index contributed by atoms with van der Waals surface area (Å²) in [6.45, 7) is 1.98. The molecule has 0 spiro atoms. The Kier molecular flexibility index (Phi) is 4.62. The van der Waals surface area contributed by atoms with E-state index in [0.29, 0.717) is 5.56 Å². The number of nitrogens with two attached hydrogens (primary N) is 1. The molecule has 0 aliphatic heterocycles. The average Bonchev–Trinajstić information content (AvgIpc) is 2.58. The van der Waals surface area contributed by atoms with Crippen LogP contribution in [0.3, 0.4) is 0 Å². The minimum Gasteiger partial charge on any atom is -0.399 e. The molecule has 0 fully saturated rings. The van der Waals surface area contributed by atoms with E-state index in [4.69, 9.17) is 5.73 Å². The van der Waals surface area contributed by atoms with Gasteiger partial charge >= 0.3 is 0 Å². The third-order valence-corrected chi connectivity index (χ3v) is 3.92. The molecule has 0 aromatic heterocycles. The lowest BCUT2D eigenvalue weighted by molar-refractivity contribution is 0.102. The molecule has 0 heterocycles. The average molecular weight is 316 g/mol. The molecular weight excluding hydrogens is 296 g/mol. The van der Waals surface area contributed by atoms with Gasteiger partial charge in [0, 0.05) is 16.9 Å². The number of rotatable bonds is 4. The van der Waals surface area contributed by atoms with Crippen molar-refractivity contribution in [3.8, 4) is 0 Å². The molecule has 24 heavy (non-hydrogen) atoms. The highest BCUT2D eigenvalue weighted by Crippen LogP contribution is 2.20. The molecule has 3 nitrogen and oxygen atoms in total. The normalized spacial score (nSPS) is 10.4. The van der Waals surface area contributed by atoms with E-state index in [9.17, 15) is 4.79 Å². The van der Waals surface area contributed by atoms with Crippen molar-refractivity contribution in [1.82, 2.24) is 0 Å². The number of hydrogen-bond donors (Lipinski definition) is 2. The Morgan fingerprint density at radius 1 is 0.958 bits per heavy atom. The van der Waals surface area contributed by atoms with Gasteiger partial charge in [-0.1, -0.05) is 48.0 Å². The van der Waals surface area contributed by atoms with Crippen molar-refractivity contribution in [2.24, 2.45) is 0 Å². The highest BCUT2D eigenvalue weighted by atomic mass is 16.1. The Morgan fingerprint density at radius 3 is 2.46 bits per heavy atom. The molecule has 0 saturated carbocycles. The van der Waals surface area contributed by atoms with Gasteiger partial charge in [0.2, 0.25) is 0 Å². The number of carbonyl (C=O) groups excluding carboxylic acids is 1. The second kappa shape index (κ2) is 7.01. The molecule has 3 aromatic rings. The summed E-state index contributed by atoms with van der Waals surface area (Å²) in [6.07, 6.45) is 0.741. The Bertz CT molecular complexity index is 854. The van der Waals surface area contributed by atoms with Crippen LogP contribution in [0.5, 0.6) is 0 Å². The molecule has 0 atom stereocenters. The zero-order chi connectivity index (χ0) is 16.9. The third-order valence-electron chi connectivity index (χ3n) is 3.92. The molecule has 3 rings (SSSR count). The van der Waals surface area contributed by atoms with Crippen LogP contribution in [0, 0.1) is 6.92 Å². The van der Waals surface area contributed by atoms with E-state index in [-0.39, 0.29) is 5.91 Å². The highest BCUT2D eigenvalue weighted by Gasteiger charge is 2.09. The number of para-hydroxylation sites is 1. The number of aryl methyl sites for hydroxylation is 1. The van der Waals surface area contributed by atoms with E-state index < -0.39 is 0 Å². The molecule has 0 aliphatic rings.